The first-order chi connectivity index (χ1) is 16.6. The van der Waals surface area contributed by atoms with Gasteiger partial charge < -0.3 is 20.5 Å². The third kappa shape index (κ3) is 8.86. The number of aromatic hydroxyl groups is 1. The lowest BCUT2D eigenvalue weighted by atomic mass is 9.85. The number of nitrogens with zero attached hydrogens (tertiary/aromatic N) is 1. The quantitative estimate of drug-likeness (QED) is 0.416. The minimum absolute atomic E-state index is 0.208. The normalized spacial score (nSPS) is 19.7. The van der Waals surface area contributed by atoms with Gasteiger partial charge in [0.15, 0.2) is 5.37 Å². The Labute approximate surface area is 218 Å². The van der Waals surface area contributed by atoms with Crippen LogP contribution in [-0.2, 0) is 16.1 Å². The molecule has 3 rings (SSSR count). The molecule has 0 spiro atoms. The molecule has 1 aromatic carbocycles. The van der Waals surface area contributed by atoms with Gasteiger partial charge in [0, 0.05) is 18.8 Å². The summed E-state index contributed by atoms with van der Waals surface area (Å²) in [4.78, 5) is 28.1. The van der Waals surface area contributed by atoms with Crippen LogP contribution in [0.3, 0.4) is 0 Å². The SMILES string of the molecule is CC(C)(C)OC(=O)N1CCS[C@H]1C(=O)N[C@H](CCC1CCCCC1)C(=S)NCc1ccc(O)cc1. The summed E-state index contributed by atoms with van der Waals surface area (Å²) in [5.74, 6) is 1.37. The van der Waals surface area contributed by atoms with Crippen molar-refractivity contribution in [3.8, 4) is 5.75 Å². The van der Waals surface area contributed by atoms with Crippen LogP contribution in [0.15, 0.2) is 24.3 Å². The molecule has 0 aromatic heterocycles. The van der Waals surface area contributed by atoms with Gasteiger partial charge in [0.05, 0.1) is 11.0 Å². The first kappa shape index (κ1) is 27.6. The van der Waals surface area contributed by atoms with E-state index in [4.69, 9.17) is 17.0 Å². The fourth-order valence-electron chi connectivity index (χ4n) is 4.51. The van der Waals surface area contributed by atoms with Crippen molar-refractivity contribution >= 4 is 41.0 Å². The van der Waals surface area contributed by atoms with Gasteiger partial charge in [0.2, 0.25) is 0 Å². The maximum Gasteiger partial charge on any atom is 0.411 e. The molecule has 2 fully saturated rings. The molecule has 2 aliphatic rings. The Morgan fingerprint density at radius 1 is 1.20 bits per heavy atom. The number of ether oxygens (including phenoxy) is 1. The minimum Gasteiger partial charge on any atom is -0.508 e. The highest BCUT2D eigenvalue weighted by atomic mass is 32.2. The molecule has 2 atom stereocenters. The monoisotopic (exact) mass is 521 g/mol. The lowest BCUT2D eigenvalue weighted by Crippen LogP contribution is -2.52. The van der Waals surface area contributed by atoms with Gasteiger partial charge in [0.1, 0.15) is 11.4 Å². The molecule has 0 unspecified atom stereocenters. The van der Waals surface area contributed by atoms with Crippen molar-refractivity contribution in [3.05, 3.63) is 29.8 Å². The molecule has 1 aliphatic carbocycles. The summed E-state index contributed by atoms with van der Waals surface area (Å²) < 4.78 is 5.51. The number of thioether (sulfide) groups is 1. The van der Waals surface area contributed by atoms with E-state index >= 15 is 0 Å². The molecular weight excluding hydrogens is 482 g/mol. The summed E-state index contributed by atoms with van der Waals surface area (Å²) in [6.07, 6.45) is 7.64. The zero-order valence-electron chi connectivity index (χ0n) is 21.0. The van der Waals surface area contributed by atoms with Gasteiger partial charge in [-0.25, -0.2) is 4.79 Å². The van der Waals surface area contributed by atoms with E-state index in [2.05, 4.69) is 10.6 Å². The van der Waals surface area contributed by atoms with Crippen LogP contribution in [0.5, 0.6) is 5.75 Å². The Bertz CT molecular complexity index is 866. The van der Waals surface area contributed by atoms with Crippen LogP contribution in [0, 0.1) is 5.92 Å². The van der Waals surface area contributed by atoms with Crippen LogP contribution in [0.2, 0.25) is 0 Å². The first-order valence-electron chi connectivity index (χ1n) is 12.6. The topological polar surface area (TPSA) is 90.9 Å². The van der Waals surface area contributed by atoms with Gasteiger partial charge in [-0.1, -0.05) is 56.5 Å². The average molecular weight is 522 g/mol. The van der Waals surface area contributed by atoms with Crippen LogP contribution < -0.4 is 10.6 Å². The van der Waals surface area contributed by atoms with Crippen molar-refractivity contribution in [2.75, 3.05) is 12.3 Å². The number of amides is 2. The number of hydrogen-bond acceptors (Lipinski definition) is 6. The zero-order valence-corrected chi connectivity index (χ0v) is 22.7. The first-order valence-corrected chi connectivity index (χ1v) is 14.1. The van der Waals surface area contributed by atoms with Crippen LogP contribution in [-0.4, -0.2) is 56.3 Å². The molecule has 2 amide bonds. The van der Waals surface area contributed by atoms with E-state index in [1.165, 1.54) is 48.8 Å². The summed E-state index contributed by atoms with van der Waals surface area (Å²) in [5, 5.41) is 15.3. The van der Waals surface area contributed by atoms with Gasteiger partial charge in [-0.15, -0.1) is 11.8 Å². The molecule has 1 saturated heterocycles. The highest BCUT2D eigenvalue weighted by molar-refractivity contribution is 8.00. The highest BCUT2D eigenvalue weighted by Gasteiger charge is 2.38. The van der Waals surface area contributed by atoms with E-state index in [9.17, 15) is 14.7 Å². The maximum absolute atomic E-state index is 13.3. The number of phenols is 1. The lowest BCUT2D eigenvalue weighted by molar-refractivity contribution is -0.123. The third-order valence-corrected chi connectivity index (χ3v) is 8.00. The fraction of sp³-hybridized carbons (Fsp3) is 0.654. The van der Waals surface area contributed by atoms with Crippen molar-refractivity contribution in [2.45, 2.75) is 89.3 Å². The van der Waals surface area contributed by atoms with Crippen LogP contribution in [0.25, 0.3) is 0 Å². The third-order valence-electron chi connectivity index (χ3n) is 6.37. The molecule has 1 aromatic rings. The Morgan fingerprint density at radius 3 is 2.54 bits per heavy atom. The maximum atomic E-state index is 13.3. The lowest BCUT2D eigenvalue weighted by Gasteiger charge is -2.29. The second-order valence-electron chi connectivity index (χ2n) is 10.4. The number of thiocarbonyl (C=S) groups is 1. The Kier molecular flexibility index (Phi) is 10.1. The Morgan fingerprint density at radius 2 is 1.89 bits per heavy atom. The minimum atomic E-state index is -0.623. The number of hydrogen-bond donors (Lipinski definition) is 3. The molecular formula is C26H39N3O4S2. The van der Waals surface area contributed by atoms with Crippen LogP contribution in [0.4, 0.5) is 4.79 Å². The van der Waals surface area contributed by atoms with E-state index in [1.54, 1.807) is 12.1 Å². The summed E-state index contributed by atoms with van der Waals surface area (Å²) in [6, 6.07) is 6.66. The molecule has 1 heterocycles. The van der Waals surface area contributed by atoms with E-state index < -0.39 is 17.1 Å². The van der Waals surface area contributed by atoms with E-state index in [1.807, 2.05) is 32.9 Å². The number of carbonyl (C=O) groups excluding carboxylic acids is 2. The van der Waals surface area contributed by atoms with Crippen molar-refractivity contribution in [2.24, 2.45) is 5.92 Å². The Balaban J connectivity index is 1.63. The van der Waals surface area contributed by atoms with Crippen molar-refractivity contribution in [3.63, 3.8) is 0 Å². The second kappa shape index (κ2) is 12.8. The second-order valence-corrected chi connectivity index (χ2v) is 12.1. The fourth-order valence-corrected chi connectivity index (χ4v) is 5.88. The highest BCUT2D eigenvalue weighted by Crippen LogP contribution is 2.29. The van der Waals surface area contributed by atoms with Crippen molar-refractivity contribution in [1.82, 2.24) is 15.5 Å². The summed E-state index contributed by atoms with van der Waals surface area (Å²) >= 11 is 7.18. The number of rotatable bonds is 8. The summed E-state index contributed by atoms with van der Waals surface area (Å²) in [5.41, 5.74) is 0.373. The number of phenolic OH excluding ortho intramolecular Hbond substituents is 1. The zero-order chi connectivity index (χ0) is 25.4. The van der Waals surface area contributed by atoms with Gasteiger partial charge >= 0.3 is 6.09 Å². The average Bonchev–Trinajstić information content (AvgIpc) is 3.31. The van der Waals surface area contributed by atoms with Crippen LogP contribution in [0.1, 0.15) is 71.3 Å². The molecule has 1 saturated carbocycles. The van der Waals surface area contributed by atoms with Gasteiger partial charge in [0.25, 0.3) is 5.91 Å². The van der Waals surface area contributed by atoms with Gasteiger partial charge in [-0.3, -0.25) is 9.69 Å². The molecule has 9 heteroatoms. The van der Waals surface area contributed by atoms with Gasteiger partial charge in [-0.05, 0) is 57.2 Å². The largest absolute Gasteiger partial charge is 0.508 e. The predicted molar refractivity (Wildman–Crippen MR) is 144 cm³/mol. The summed E-state index contributed by atoms with van der Waals surface area (Å²) in [7, 11) is 0. The van der Waals surface area contributed by atoms with Crippen molar-refractivity contribution < 1.29 is 19.4 Å². The van der Waals surface area contributed by atoms with E-state index in [0.29, 0.717) is 29.7 Å². The number of carbonyl (C=O) groups is 2. The molecule has 35 heavy (non-hydrogen) atoms. The molecule has 0 bridgehead atoms. The molecule has 7 nitrogen and oxygen atoms in total. The molecule has 194 valence electrons. The summed E-state index contributed by atoms with van der Waals surface area (Å²) in [6.45, 7) is 6.46. The van der Waals surface area contributed by atoms with Crippen molar-refractivity contribution in [1.29, 1.82) is 0 Å². The Hall–Kier alpha value is -2.00. The molecule has 1 aliphatic heterocycles. The van der Waals surface area contributed by atoms with Gasteiger partial charge in [-0.2, -0.15) is 0 Å². The standard InChI is InChI=1S/C26H39N3O4S2/c1-26(2,3)33-25(32)29-15-16-35-24(29)22(31)28-21(14-11-18-7-5-4-6-8-18)23(34)27-17-19-9-12-20(30)13-10-19/h9-10,12-13,18,21,24,30H,4-8,11,14-17H2,1-3H3,(H,27,34)(H,28,31)/t21-,24+/m1/s1. The number of benzene rings is 1. The van der Waals surface area contributed by atoms with E-state index in [0.717, 1.165) is 18.4 Å². The van der Waals surface area contributed by atoms with E-state index in [-0.39, 0.29) is 17.7 Å². The molecule has 0 radical (unpaired) electrons. The van der Waals surface area contributed by atoms with Crippen LogP contribution >= 0.6 is 24.0 Å². The predicted octanol–water partition coefficient (Wildman–Crippen LogP) is 4.96. The number of nitrogens with one attached hydrogen (secondary N) is 2. The smallest absolute Gasteiger partial charge is 0.411 e. The molecule has 3 N–H and O–H groups in total.